The van der Waals surface area contributed by atoms with Gasteiger partial charge in [-0.3, -0.25) is 4.39 Å². The molecule has 0 bridgehead atoms. The summed E-state index contributed by atoms with van der Waals surface area (Å²) in [5.41, 5.74) is 5.45. The largest absolute Gasteiger partial charge is 0.327 e. The maximum Gasteiger partial charge on any atom is 0.0960 e. The van der Waals surface area contributed by atoms with Crippen LogP contribution in [0.25, 0.3) is 0 Å². The zero-order chi connectivity index (χ0) is 7.61. The van der Waals surface area contributed by atoms with Crippen LogP contribution in [0.3, 0.4) is 0 Å². The number of hydrogen-bond donors (Lipinski definition) is 2. The van der Waals surface area contributed by atoms with Crippen LogP contribution in [-0.2, 0) is 0 Å². The SMILES string of the molecule is CC1(CF)CNCC(N)C1. The van der Waals surface area contributed by atoms with Crippen molar-refractivity contribution < 1.29 is 4.39 Å². The second-order valence-electron chi connectivity index (χ2n) is 3.54. The highest BCUT2D eigenvalue weighted by Gasteiger charge is 2.30. The molecule has 0 aromatic heterocycles. The van der Waals surface area contributed by atoms with Crippen molar-refractivity contribution in [3.8, 4) is 0 Å². The molecule has 3 heteroatoms. The van der Waals surface area contributed by atoms with Gasteiger partial charge in [0.2, 0.25) is 0 Å². The summed E-state index contributed by atoms with van der Waals surface area (Å²) >= 11 is 0. The first-order valence-corrected chi connectivity index (χ1v) is 3.68. The van der Waals surface area contributed by atoms with Crippen LogP contribution in [0, 0.1) is 5.41 Å². The standard InChI is InChI=1S/C7H15FN2/c1-7(4-8)2-6(9)3-10-5-7/h6,10H,2-5,9H2,1H3. The van der Waals surface area contributed by atoms with Gasteiger partial charge in [0.25, 0.3) is 0 Å². The van der Waals surface area contributed by atoms with E-state index in [9.17, 15) is 4.39 Å². The Morgan fingerprint density at radius 1 is 1.80 bits per heavy atom. The summed E-state index contributed by atoms with van der Waals surface area (Å²) in [7, 11) is 0. The summed E-state index contributed by atoms with van der Waals surface area (Å²) < 4.78 is 12.3. The first kappa shape index (κ1) is 7.95. The van der Waals surface area contributed by atoms with Gasteiger partial charge in [-0.15, -0.1) is 0 Å². The maximum atomic E-state index is 12.3. The highest BCUT2D eigenvalue weighted by molar-refractivity contribution is 4.86. The summed E-state index contributed by atoms with van der Waals surface area (Å²) in [6, 6.07) is 0.134. The summed E-state index contributed by atoms with van der Waals surface area (Å²) in [4.78, 5) is 0. The summed E-state index contributed by atoms with van der Waals surface area (Å²) in [5, 5.41) is 3.11. The predicted molar refractivity (Wildman–Crippen MR) is 39.5 cm³/mol. The van der Waals surface area contributed by atoms with Gasteiger partial charge in [0.05, 0.1) is 6.67 Å². The van der Waals surface area contributed by atoms with Crippen molar-refractivity contribution in [2.45, 2.75) is 19.4 Å². The first-order chi connectivity index (χ1) is 4.66. The lowest BCUT2D eigenvalue weighted by Crippen LogP contribution is -2.49. The topological polar surface area (TPSA) is 38.0 Å². The third kappa shape index (κ3) is 1.67. The third-order valence-electron chi connectivity index (χ3n) is 2.04. The van der Waals surface area contributed by atoms with Gasteiger partial charge in [-0.1, -0.05) is 6.92 Å². The third-order valence-corrected chi connectivity index (χ3v) is 2.04. The number of halogens is 1. The van der Waals surface area contributed by atoms with Crippen LogP contribution in [0.15, 0.2) is 0 Å². The van der Waals surface area contributed by atoms with Gasteiger partial charge in [0.15, 0.2) is 0 Å². The van der Waals surface area contributed by atoms with Crippen molar-refractivity contribution in [3.63, 3.8) is 0 Å². The van der Waals surface area contributed by atoms with E-state index in [1.807, 2.05) is 6.92 Å². The van der Waals surface area contributed by atoms with Crippen LogP contribution in [0.1, 0.15) is 13.3 Å². The van der Waals surface area contributed by atoms with Crippen molar-refractivity contribution in [2.24, 2.45) is 11.1 Å². The van der Waals surface area contributed by atoms with E-state index in [1.165, 1.54) is 0 Å². The molecule has 1 heterocycles. The number of rotatable bonds is 1. The molecule has 0 radical (unpaired) electrons. The molecule has 1 rings (SSSR count). The second kappa shape index (κ2) is 2.84. The molecule has 0 spiro atoms. The van der Waals surface area contributed by atoms with Gasteiger partial charge in [0.1, 0.15) is 0 Å². The van der Waals surface area contributed by atoms with E-state index in [0.29, 0.717) is 0 Å². The lowest BCUT2D eigenvalue weighted by atomic mass is 9.82. The Labute approximate surface area is 61.0 Å². The van der Waals surface area contributed by atoms with E-state index in [2.05, 4.69) is 5.32 Å². The number of hydrogen-bond acceptors (Lipinski definition) is 2. The van der Waals surface area contributed by atoms with E-state index in [-0.39, 0.29) is 18.1 Å². The molecule has 0 amide bonds. The predicted octanol–water partition coefficient (Wildman–Crippen LogP) is 0.283. The Morgan fingerprint density at radius 2 is 2.50 bits per heavy atom. The quantitative estimate of drug-likeness (QED) is 0.557. The van der Waals surface area contributed by atoms with Gasteiger partial charge in [0, 0.05) is 24.5 Å². The van der Waals surface area contributed by atoms with Gasteiger partial charge in [-0.25, -0.2) is 0 Å². The molecule has 0 aromatic rings. The summed E-state index contributed by atoms with van der Waals surface area (Å²) in [5.74, 6) is 0. The monoisotopic (exact) mass is 146 g/mol. The van der Waals surface area contributed by atoms with Crippen LogP contribution < -0.4 is 11.1 Å². The molecule has 0 aromatic carbocycles. The van der Waals surface area contributed by atoms with Crippen molar-refractivity contribution in [3.05, 3.63) is 0 Å². The Kier molecular flexibility index (Phi) is 2.26. The minimum absolute atomic E-state index is 0.134. The smallest absolute Gasteiger partial charge is 0.0960 e. The summed E-state index contributed by atoms with van der Waals surface area (Å²) in [6.45, 7) is 3.25. The normalized spacial score (nSPS) is 41.7. The number of nitrogens with one attached hydrogen (secondary N) is 1. The minimum atomic E-state index is -0.270. The van der Waals surface area contributed by atoms with Crippen LogP contribution in [-0.4, -0.2) is 25.8 Å². The highest BCUT2D eigenvalue weighted by atomic mass is 19.1. The fourth-order valence-electron chi connectivity index (χ4n) is 1.44. The lowest BCUT2D eigenvalue weighted by Gasteiger charge is -2.34. The zero-order valence-corrected chi connectivity index (χ0v) is 6.36. The lowest BCUT2D eigenvalue weighted by molar-refractivity contribution is 0.163. The molecule has 2 nitrogen and oxygen atoms in total. The molecule has 1 saturated heterocycles. The first-order valence-electron chi connectivity index (χ1n) is 3.68. The van der Waals surface area contributed by atoms with Crippen molar-refractivity contribution >= 4 is 0 Å². The Morgan fingerprint density at radius 3 is 2.90 bits per heavy atom. The molecule has 1 fully saturated rings. The molecular weight excluding hydrogens is 131 g/mol. The van der Waals surface area contributed by atoms with Gasteiger partial charge >= 0.3 is 0 Å². The maximum absolute atomic E-state index is 12.3. The Bertz CT molecular complexity index is 118. The Balaban J connectivity index is 2.45. The highest BCUT2D eigenvalue weighted by Crippen LogP contribution is 2.24. The Hall–Kier alpha value is -0.150. The van der Waals surface area contributed by atoms with Crippen LogP contribution in [0.5, 0.6) is 0 Å². The minimum Gasteiger partial charge on any atom is -0.327 e. The fraction of sp³-hybridized carbons (Fsp3) is 1.00. The van der Waals surface area contributed by atoms with Crippen LogP contribution in [0.2, 0.25) is 0 Å². The van der Waals surface area contributed by atoms with Crippen molar-refractivity contribution in [1.82, 2.24) is 5.32 Å². The van der Waals surface area contributed by atoms with E-state index < -0.39 is 0 Å². The molecule has 10 heavy (non-hydrogen) atoms. The van der Waals surface area contributed by atoms with Crippen molar-refractivity contribution in [2.75, 3.05) is 19.8 Å². The van der Waals surface area contributed by atoms with Crippen LogP contribution >= 0.6 is 0 Å². The number of piperidine rings is 1. The molecule has 1 aliphatic heterocycles. The van der Waals surface area contributed by atoms with Gasteiger partial charge < -0.3 is 11.1 Å². The molecule has 2 unspecified atom stereocenters. The van der Waals surface area contributed by atoms with E-state index >= 15 is 0 Å². The molecule has 3 N–H and O–H groups in total. The van der Waals surface area contributed by atoms with Gasteiger partial charge in [-0.05, 0) is 6.42 Å². The number of alkyl halides is 1. The van der Waals surface area contributed by atoms with E-state index in [4.69, 9.17) is 5.73 Å². The second-order valence-corrected chi connectivity index (χ2v) is 3.54. The van der Waals surface area contributed by atoms with Gasteiger partial charge in [-0.2, -0.15) is 0 Å². The average molecular weight is 146 g/mol. The molecule has 60 valence electrons. The number of nitrogens with two attached hydrogens (primary N) is 1. The zero-order valence-electron chi connectivity index (χ0n) is 6.36. The molecule has 0 aliphatic carbocycles. The molecule has 2 atom stereocenters. The summed E-state index contributed by atoms with van der Waals surface area (Å²) in [6.07, 6.45) is 0.802. The van der Waals surface area contributed by atoms with E-state index in [0.717, 1.165) is 19.5 Å². The van der Waals surface area contributed by atoms with E-state index in [1.54, 1.807) is 0 Å². The molecule has 0 saturated carbocycles. The van der Waals surface area contributed by atoms with Crippen LogP contribution in [0.4, 0.5) is 4.39 Å². The molecule has 1 aliphatic rings. The average Bonchev–Trinajstić information content (AvgIpc) is 1.88. The fourth-order valence-corrected chi connectivity index (χ4v) is 1.44. The molecular formula is C7H15FN2. The van der Waals surface area contributed by atoms with Crippen molar-refractivity contribution in [1.29, 1.82) is 0 Å².